The number of imide groups is 1. The van der Waals surface area contributed by atoms with E-state index < -0.39 is 12.0 Å². The van der Waals surface area contributed by atoms with Gasteiger partial charge in [0, 0.05) is 25.9 Å². The molecule has 1 unspecified atom stereocenters. The van der Waals surface area contributed by atoms with Crippen molar-refractivity contribution in [3.05, 3.63) is 0 Å². The SMILES string of the molecule is O=C(O)C1CCCCN1CCN1C(=O)CCC1=O. The van der Waals surface area contributed by atoms with Gasteiger partial charge in [-0.05, 0) is 19.4 Å². The van der Waals surface area contributed by atoms with E-state index in [0.29, 0.717) is 32.4 Å². The summed E-state index contributed by atoms with van der Waals surface area (Å²) in [6.07, 6.45) is 3.14. The van der Waals surface area contributed by atoms with E-state index in [9.17, 15) is 14.4 Å². The number of nitrogens with zero attached hydrogens (tertiary/aromatic N) is 2. The molecule has 2 amide bonds. The molecule has 2 rings (SSSR count). The zero-order chi connectivity index (χ0) is 13.1. The Morgan fingerprint density at radius 3 is 2.44 bits per heavy atom. The van der Waals surface area contributed by atoms with Crippen molar-refractivity contribution in [3.8, 4) is 0 Å². The lowest BCUT2D eigenvalue weighted by Crippen LogP contribution is -2.48. The average Bonchev–Trinajstić information content (AvgIpc) is 2.67. The van der Waals surface area contributed by atoms with Crippen molar-refractivity contribution in [1.82, 2.24) is 9.80 Å². The van der Waals surface area contributed by atoms with Crippen LogP contribution >= 0.6 is 0 Å². The van der Waals surface area contributed by atoms with Crippen molar-refractivity contribution in [2.45, 2.75) is 38.1 Å². The molecule has 0 aliphatic carbocycles. The summed E-state index contributed by atoms with van der Waals surface area (Å²) < 4.78 is 0. The van der Waals surface area contributed by atoms with Crippen molar-refractivity contribution in [1.29, 1.82) is 0 Å². The summed E-state index contributed by atoms with van der Waals surface area (Å²) in [5.74, 6) is -1.08. The molecule has 0 spiro atoms. The van der Waals surface area contributed by atoms with Gasteiger partial charge in [0.15, 0.2) is 0 Å². The van der Waals surface area contributed by atoms with E-state index in [4.69, 9.17) is 5.11 Å². The van der Waals surface area contributed by atoms with Crippen LogP contribution in [0.15, 0.2) is 0 Å². The standard InChI is InChI=1S/C12H18N2O4/c15-10-4-5-11(16)14(10)8-7-13-6-2-1-3-9(13)12(17)18/h9H,1-8H2,(H,17,18). The molecule has 0 aromatic rings. The molecule has 100 valence electrons. The van der Waals surface area contributed by atoms with Gasteiger partial charge in [-0.3, -0.25) is 24.2 Å². The Bertz CT molecular complexity index is 353. The third-order valence-corrected chi connectivity index (χ3v) is 3.66. The predicted molar refractivity (Wildman–Crippen MR) is 62.8 cm³/mol. The van der Waals surface area contributed by atoms with Crippen LogP contribution in [-0.2, 0) is 14.4 Å². The first-order chi connectivity index (χ1) is 8.59. The molecule has 6 heteroatoms. The fraction of sp³-hybridized carbons (Fsp3) is 0.750. The molecule has 2 aliphatic rings. The second-order valence-corrected chi connectivity index (χ2v) is 4.82. The van der Waals surface area contributed by atoms with Gasteiger partial charge in [0.1, 0.15) is 6.04 Å². The van der Waals surface area contributed by atoms with Crippen molar-refractivity contribution < 1.29 is 19.5 Å². The van der Waals surface area contributed by atoms with Crippen LogP contribution < -0.4 is 0 Å². The highest BCUT2D eigenvalue weighted by Gasteiger charge is 2.32. The zero-order valence-corrected chi connectivity index (χ0v) is 10.3. The van der Waals surface area contributed by atoms with E-state index in [0.717, 1.165) is 19.4 Å². The smallest absolute Gasteiger partial charge is 0.320 e. The van der Waals surface area contributed by atoms with E-state index in [1.165, 1.54) is 4.90 Å². The number of amides is 2. The van der Waals surface area contributed by atoms with Crippen molar-refractivity contribution in [2.24, 2.45) is 0 Å². The van der Waals surface area contributed by atoms with Gasteiger partial charge in [-0.25, -0.2) is 0 Å². The number of likely N-dealkylation sites (tertiary alicyclic amines) is 2. The van der Waals surface area contributed by atoms with Gasteiger partial charge in [0.05, 0.1) is 0 Å². The Labute approximate surface area is 106 Å². The number of carboxylic acids is 1. The van der Waals surface area contributed by atoms with Crippen LogP contribution in [0, 0.1) is 0 Å². The van der Waals surface area contributed by atoms with Crippen molar-refractivity contribution >= 4 is 17.8 Å². The molecule has 0 saturated carbocycles. The van der Waals surface area contributed by atoms with Gasteiger partial charge in [0.2, 0.25) is 11.8 Å². The summed E-state index contributed by atoms with van der Waals surface area (Å²) >= 11 is 0. The van der Waals surface area contributed by atoms with Crippen LogP contribution in [0.25, 0.3) is 0 Å². The number of rotatable bonds is 4. The molecule has 2 heterocycles. The molecule has 6 nitrogen and oxygen atoms in total. The maximum absolute atomic E-state index is 11.4. The van der Waals surface area contributed by atoms with E-state index in [-0.39, 0.29) is 11.8 Å². The monoisotopic (exact) mass is 254 g/mol. The Hall–Kier alpha value is -1.43. The first kappa shape index (κ1) is 13.0. The maximum Gasteiger partial charge on any atom is 0.320 e. The Morgan fingerprint density at radius 2 is 1.83 bits per heavy atom. The molecule has 2 saturated heterocycles. The number of carbonyl (C=O) groups is 3. The van der Waals surface area contributed by atoms with Gasteiger partial charge in [-0.1, -0.05) is 6.42 Å². The van der Waals surface area contributed by atoms with Gasteiger partial charge in [0.25, 0.3) is 0 Å². The molecule has 0 radical (unpaired) electrons. The number of hydrogen-bond acceptors (Lipinski definition) is 4. The molecule has 0 aromatic carbocycles. The van der Waals surface area contributed by atoms with E-state index >= 15 is 0 Å². The summed E-state index contributed by atoms with van der Waals surface area (Å²) in [5, 5.41) is 9.12. The van der Waals surface area contributed by atoms with Gasteiger partial charge in [-0.15, -0.1) is 0 Å². The Balaban J connectivity index is 1.90. The number of carboxylic acid groups (broad SMARTS) is 1. The molecule has 0 aromatic heterocycles. The lowest BCUT2D eigenvalue weighted by Gasteiger charge is -2.33. The fourth-order valence-corrected chi connectivity index (χ4v) is 2.64. The first-order valence-corrected chi connectivity index (χ1v) is 6.39. The van der Waals surface area contributed by atoms with Crippen LogP contribution in [0.5, 0.6) is 0 Å². The number of hydrogen-bond donors (Lipinski definition) is 1. The molecule has 0 bridgehead atoms. The van der Waals surface area contributed by atoms with Gasteiger partial charge in [-0.2, -0.15) is 0 Å². The Kier molecular flexibility index (Phi) is 3.96. The third-order valence-electron chi connectivity index (χ3n) is 3.66. The van der Waals surface area contributed by atoms with Crippen molar-refractivity contribution in [3.63, 3.8) is 0 Å². The Morgan fingerprint density at radius 1 is 1.17 bits per heavy atom. The summed E-state index contributed by atoms with van der Waals surface area (Å²) in [6.45, 7) is 1.52. The highest BCUT2D eigenvalue weighted by molar-refractivity contribution is 6.01. The van der Waals surface area contributed by atoms with E-state index in [1.54, 1.807) is 0 Å². The molecular formula is C12H18N2O4. The van der Waals surface area contributed by atoms with E-state index in [2.05, 4.69) is 0 Å². The van der Waals surface area contributed by atoms with Gasteiger partial charge >= 0.3 is 5.97 Å². The molecule has 1 N–H and O–H groups in total. The third kappa shape index (κ3) is 2.69. The highest BCUT2D eigenvalue weighted by Crippen LogP contribution is 2.18. The average molecular weight is 254 g/mol. The quantitative estimate of drug-likeness (QED) is 0.719. The minimum Gasteiger partial charge on any atom is -0.480 e. The first-order valence-electron chi connectivity index (χ1n) is 6.39. The zero-order valence-electron chi connectivity index (χ0n) is 10.3. The summed E-state index contributed by atoms with van der Waals surface area (Å²) in [6, 6.07) is -0.466. The molecule has 2 aliphatic heterocycles. The number of aliphatic carboxylic acids is 1. The minimum atomic E-state index is -0.811. The normalized spacial score (nSPS) is 25.8. The molecule has 2 fully saturated rings. The van der Waals surface area contributed by atoms with E-state index in [1.807, 2.05) is 4.90 Å². The highest BCUT2D eigenvalue weighted by atomic mass is 16.4. The van der Waals surface area contributed by atoms with Crippen LogP contribution in [0.2, 0.25) is 0 Å². The van der Waals surface area contributed by atoms with Crippen LogP contribution in [0.4, 0.5) is 0 Å². The van der Waals surface area contributed by atoms with Crippen LogP contribution in [-0.4, -0.2) is 58.4 Å². The van der Waals surface area contributed by atoms with Gasteiger partial charge < -0.3 is 5.11 Å². The van der Waals surface area contributed by atoms with Crippen LogP contribution in [0.3, 0.4) is 0 Å². The lowest BCUT2D eigenvalue weighted by molar-refractivity contribution is -0.144. The second kappa shape index (κ2) is 5.48. The fourth-order valence-electron chi connectivity index (χ4n) is 2.64. The number of piperidine rings is 1. The summed E-state index contributed by atoms with van der Waals surface area (Å²) in [7, 11) is 0. The summed E-state index contributed by atoms with van der Waals surface area (Å²) in [5.41, 5.74) is 0. The topological polar surface area (TPSA) is 77.9 Å². The molecule has 1 atom stereocenters. The minimum absolute atomic E-state index is 0.135. The number of carbonyl (C=O) groups excluding carboxylic acids is 2. The maximum atomic E-state index is 11.4. The van der Waals surface area contributed by atoms with Crippen molar-refractivity contribution in [2.75, 3.05) is 19.6 Å². The molecule has 18 heavy (non-hydrogen) atoms. The largest absolute Gasteiger partial charge is 0.480 e. The lowest BCUT2D eigenvalue weighted by atomic mass is 10.0. The summed E-state index contributed by atoms with van der Waals surface area (Å²) in [4.78, 5) is 37.1. The van der Waals surface area contributed by atoms with Crippen LogP contribution in [0.1, 0.15) is 32.1 Å². The second-order valence-electron chi connectivity index (χ2n) is 4.82. The predicted octanol–water partition coefficient (Wildman–Crippen LogP) is 0.0745. The molecular weight excluding hydrogens is 236 g/mol.